The Morgan fingerprint density at radius 2 is 1.24 bits per heavy atom. The molecule has 0 N–H and O–H groups in total. The van der Waals surface area contributed by atoms with E-state index < -0.39 is 14.4 Å². The molecule has 0 bridgehead atoms. The summed E-state index contributed by atoms with van der Waals surface area (Å²) in [6, 6.07) is 47.8. The van der Waals surface area contributed by atoms with Gasteiger partial charge in [0.15, 0.2) is 0 Å². The van der Waals surface area contributed by atoms with Gasteiger partial charge in [0.25, 0.3) is 0 Å². The second-order valence-electron chi connectivity index (χ2n) is 10.7. The van der Waals surface area contributed by atoms with Gasteiger partial charge in [0.05, 0.1) is 8.07 Å². The Morgan fingerprint density at radius 1 is 0.595 bits per heavy atom. The van der Waals surface area contributed by atoms with E-state index in [1.165, 1.54) is 16.3 Å². The third-order valence-electron chi connectivity index (χ3n) is 6.63. The normalized spacial score (nSPS) is 11.7. The minimum Gasteiger partial charge on any atom is -0.305 e. The standard InChI is InChI=1S/C20H20NSi.C18H14N.Ir/c1-22(2,3)19-12-13-20(21-15-19)18-11-7-10-17(14-18)16-8-5-4-6-9-16;1-3-7-15(8-4-1)13-16-11-12-18(19-14-16)17-9-5-2-6-10-17;/h4-10,12-15H,1-3H3;1-9,11-12,14H,13H2;/q2*-1;/i;13D2;. The third kappa shape index (κ3) is 8.53. The van der Waals surface area contributed by atoms with Crippen LogP contribution in [-0.2, 0) is 26.5 Å². The first-order chi connectivity index (χ1) is 20.7. The van der Waals surface area contributed by atoms with Crippen LogP contribution in [0.2, 0.25) is 19.6 Å². The van der Waals surface area contributed by atoms with Crippen LogP contribution in [0, 0.1) is 12.1 Å². The number of rotatable bonds is 6. The first kappa shape index (κ1) is 28.2. The van der Waals surface area contributed by atoms with Crippen LogP contribution >= 0.6 is 0 Å². The fourth-order valence-corrected chi connectivity index (χ4v) is 5.32. The molecular weight excluding hydrogens is 705 g/mol. The predicted molar refractivity (Wildman–Crippen MR) is 175 cm³/mol. The van der Waals surface area contributed by atoms with Crippen LogP contribution < -0.4 is 5.19 Å². The summed E-state index contributed by atoms with van der Waals surface area (Å²) >= 11 is 0. The van der Waals surface area contributed by atoms with Crippen LogP contribution in [0.25, 0.3) is 33.6 Å². The van der Waals surface area contributed by atoms with Crippen LogP contribution in [0.1, 0.15) is 13.9 Å². The first-order valence-electron chi connectivity index (χ1n) is 14.7. The predicted octanol–water partition coefficient (Wildman–Crippen LogP) is 8.90. The number of hydrogen-bond acceptors (Lipinski definition) is 2. The molecule has 0 saturated carbocycles. The Kier molecular flexibility index (Phi) is 9.92. The number of hydrogen-bond donors (Lipinski definition) is 0. The smallest absolute Gasteiger partial charge is 0.0795 e. The molecule has 6 rings (SSSR count). The van der Waals surface area contributed by atoms with E-state index in [1.807, 2.05) is 66.9 Å². The minimum absolute atomic E-state index is 0. The minimum atomic E-state index is -1.55. The summed E-state index contributed by atoms with van der Waals surface area (Å²) in [5, 5.41) is 1.38. The van der Waals surface area contributed by atoms with E-state index in [0.717, 1.165) is 22.5 Å². The average Bonchev–Trinajstić information content (AvgIpc) is 3.06. The van der Waals surface area contributed by atoms with Crippen LogP contribution in [0.5, 0.6) is 0 Å². The van der Waals surface area contributed by atoms with Gasteiger partial charge in [-0.3, -0.25) is 0 Å². The van der Waals surface area contributed by atoms with Gasteiger partial charge in [-0.25, -0.2) is 0 Å². The molecule has 0 unspecified atom stereocenters. The van der Waals surface area contributed by atoms with E-state index in [-0.39, 0.29) is 20.1 Å². The summed E-state index contributed by atoms with van der Waals surface area (Å²) in [6.07, 6.45) is 2.08. The molecule has 4 heteroatoms. The Morgan fingerprint density at radius 3 is 1.86 bits per heavy atom. The van der Waals surface area contributed by atoms with Gasteiger partial charge in [0.1, 0.15) is 0 Å². The van der Waals surface area contributed by atoms with E-state index in [9.17, 15) is 0 Å². The van der Waals surface area contributed by atoms with Crippen molar-refractivity contribution in [3.8, 4) is 33.6 Å². The fourth-order valence-electron chi connectivity index (χ4n) is 4.29. The molecule has 6 aromatic rings. The summed E-state index contributed by atoms with van der Waals surface area (Å²) in [4.78, 5) is 9.02. The molecule has 0 atom stereocenters. The molecule has 0 aliphatic rings. The van der Waals surface area contributed by atoms with Crippen molar-refractivity contribution in [3.63, 3.8) is 0 Å². The molecule has 1 radical (unpaired) electrons. The van der Waals surface area contributed by atoms with Crippen molar-refractivity contribution in [1.82, 2.24) is 9.97 Å². The zero-order valence-electron chi connectivity index (χ0n) is 26.0. The summed E-state index contributed by atoms with van der Waals surface area (Å²) in [5.41, 5.74) is 7.33. The molecule has 2 nitrogen and oxygen atoms in total. The van der Waals surface area contributed by atoms with E-state index >= 15 is 0 Å². The van der Waals surface area contributed by atoms with Gasteiger partial charge in [-0.1, -0.05) is 105 Å². The summed E-state index contributed by atoms with van der Waals surface area (Å²) in [5.74, 6) is 0. The quantitative estimate of drug-likeness (QED) is 0.126. The molecule has 211 valence electrons. The average molecular weight is 741 g/mol. The van der Waals surface area contributed by atoms with Crippen molar-refractivity contribution in [3.05, 3.63) is 163 Å². The van der Waals surface area contributed by atoms with Crippen molar-refractivity contribution in [2.45, 2.75) is 26.0 Å². The maximum Gasteiger partial charge on any atom is 0.0795 e. The van der Waals surface area contributed by atoms with Gasteiger partial charge in [0, 0.05) is 35.2 Å². The molecule has 2 aromatic heterocycles. The number of benzene rings is 4. The van der Waals surface area contributed by atoms with Gasteiger partial charge in [-0.2, -0.15) is 0 Å². The Hall–Kier alpha value is -3.95. The molecule has 4 aromatic carbocycles. The monoisotopic (exact) mass is 741 g/mol. The summed E-state index contributed by atoms with van der Waals surface area (Å²) in [7, 11) is -1.29. The van der Waals surface area contributed by atoms with Crippen molar-refractivity contribution >= 4 is 13.3 Å². The van der Waals surface area contributed by atoms with Crippen molar-refractivity contribution in [2.75, 3.05) is 0 Å². The summed E-state index contributed by atoms with van der Waals surface area (Å²) in [6.45, 7) is 7.02. The number of nitrogens with zero attached hydrogens (tertiary/aromatic N) is 2. The molecule has 0 aliphatic carbocycles. The van der Waals surface area contributed by atoms with Crippen molar-refractivity contribution in [1.29, 1.82) is 0 Å². The van der Waals surface area contributed by atoms with Crippen LogP contribution in [0.3, 0.4) is 0 Å². The summed E-state index contributed by atoms with van der Waals surface area (Å²) < 4.78 is 16.6. The van der Waals surface area contributed by atoms with Gasteiger partial charge in [-0.05, 0) is 39.6 Å². The van der Waals surface area contributed by atoms with Gasteiger partial charge >= 0.3 is 0 Å². The molecular formula is C38H34IrN2Si-2. The Balaban J connectivity index is 0.000000197. The zero-order valence-corrected chi connectivity index (χ0v) is 27.4. The van der Waals surface area contributed by atoms with Crippen LogP contribution in [0.4, 0.5) is 0 Å². The Labute approximate surface area is 267 Å². The number of pyridine rings is 2. The second-order valence-corrected chi connectivity index (χ2v) is 15.8. The molecule has 2 heterocycles. The Bertz CT molecular complexity index is 1740. The second kappa shape index (κ2) is 14.8. The maximum absolute atomic E-state index is 8.30. The molecule has 0 saturated heterocycles. The molecule has 0 spiro atoms. The van der Waals surface area contributed by atoms with Crippen molar-refractivity contribution in [2.24, 2.45) is 0 Å². The van der Waals surface area contributed by atoms with E-state index in [4.69, 9.17) is 2.74 Å². The van der Waals surface area contributed by atoms with E-state index in [0.29, 0.717) is 11.1 Å². The van der Waals surface area contributed by atoms with Crippen LogP contribution in [-0.4, -0.2) is 18.0 Å². The molecule has 0 amide bonds. The van der Waals surface area contributed by atoms with Crippen LogP contribution in [0.15, 0.2) is 140 Å². The van der Waals surface area contributed by atoms with Crippen molar-refractivity contribution < 1.29 is 22.8 Å². The van der Waals surface area contributed by atoms with Gasteiger partial charge in [-0.15, -0.1) is 71.3 Å². The fraction of sp³-hybridized carbons (Fsp3) is 0.105. The molecule has 0 aliphatic heterocycles. The maximum atomic E-state index is 8.30. The SMILES string of the molecule is C[Si](C)(C)c1ccc(-c2[c-]ccc(-c3ccccc3)c2)nc1.[2H]C([2H])(c1ccccc1)c1ccc(-c2[c-]cccc2)nc1.[Ir]. The third-order valence-corrected chi connectivity index (χ3v) is 8.65. The van der Waals surface area contributed by atoms with E-state index in [2.05, 4.69) is 90.3 Å². The number of aromatic nitrogens is 2. The topological polar surface area (TPSA) is 25.8 Å². The molecule has 0 fully saturated rings. The van der Waals surface area contributed by atoms with Gasteiger partial charge in [0.2, 0.25) is 0 Å². The van der Waals surface area contributed by atoms with Gasteiger partial charge < -0.3 is 9.97 Å². The first-order valence-corrected chi connectivity index (χ1v) is 17.2. The molecule has 42 heavy (non-hydrogen) atoms. The van der Waals surface area contributed by atoms with E-state index in [1.54, 1.807) is 24.4 Å². The zero-order chi connectivity index (χ0) is 30.3. The largest absolute Gasteiger partial charge is 0.305 e.